The SMILES string of the molecule is O=C(CCCCBr)NCC1(CO)CCCCC1. The van der Waals surface area contributed by atoms with E-state index in [1.54, 1.807) is 0 Å². The molecule has 4 heteroatoms. The summed E-state index contributed by atoms with van der Waals surface area (Å²) in [6, 6.07) is 0. The van der Waals surface area contributed by atoms with Gasteiger partial charge in [-0.1, -0.05) is 35.2 Å². The lowest BCUT2D eigenvalue weighted by Crippen LogP contribution is -2.41. The van der Waals surface area contributed by atoms with Crippen LogP contribution in [0.2, 0.25) is 0 Å². The van der Waals surface area contributed by atoms with Crippen molar-refractivity contribution in [2.45, 2.75) is 51.4 Å². The van der Waals surface area contributed by atoms with E-state index >= 15 is 0 Å². The van der Waals surface area contributed by atoms with Gasteiger partial charge in [0, 0.05) is 23.7 Å². The summed E-state index contributed by atoms with van der Waals surface area (Å²) in [6.45, 7) is 0.853. The molecule has 1 amide bonds. The molecule has 0 aromatic carbocycles. The Morgan fingerprint density at radius 1 is 1.24 bits per heavy atom. The van der Waals surface area contributed by atoms with Crippen LogP contribution < -0.4 is 5.32 Å². The second-order valence-corrected chi connectivity index (χ2v) is 5.93. The van der Waals surface area contributed by atoms with Crippen molar-refractivity contribution in [3.8, 4) is 0 Å². The van der Waals surface area contributed by atoms with Crippen molar-refractivity contribution in [2.75, 3.05) is 18.5 Å². The van der Waals surface area contributed by atoms with Crippen LogP contribution >= 0.6 is 15.9 Å². The summed E-state index contributed by atoms with van der Waals surface area (Å²) in [7, 11) is 0. The van der Waals surface area contributed by atoms with Crippen molar-refractivity contribution < 1.29 is 9.90 Å². The summed E-state index contributed by atoms with van der Waals surface area (Å²) >= 11 is 3.36. The fourth-order valence-corrected chi connectivity index (χ4v) is 2.84. The minimum absolute atomic E-state index is 0.0384. The van der Waals surface area contributed by atoms with Gasteiger partial charge in [-0.05, 0) is 25.7 Å². The first-order valence-electron chi connectivity index (χ1n) is 6.66. The Morgan fingerprint density at radius 3 is 2.53 bits per heavy atom. The van der Waals surface area contributed by atoms with E-state index in [-0.39, 0.29) is 17.9 Å². The minimum atomic E-state index is -0.0384. The molecule has 1 rings (SSSR count). The standard InChI is InChI=1S/C13H24BrNO2/c14-9-5-2-6-12(17)15-10-13(11-16)7-3-1-4-8-13/h16H,1-11H2,(H,15,17). The van der Waals surface area contributed by atoms with Gasteiger partial charge in [-0.3, -0.25) is 4.79 Å². The molecule has 1 aliphatic carbocycles. The monoisotopic (exact) mass is 305 g/mol. The highest BCUT2D eigenvalue weighted by Gasteiger charge is 2.31. The molecule has 17 heavy (non-hydrogen) atoms. The predicted octanol–water partition coefficient (Wildman–Crippen LogP) is 2.61. The number of rotatable bonds is 7. The van der Waals surface area contributed by atoms with E-state index in [0.717, 1.165) is 31.0 Å². The highest BCUT2D eigenvalue weighted by molar-refractivity contribution is 9.09. The Balaban J connectivity index is 2.24. The maximum absolute atomic E-state index is 11.6. The van der Waals surface area contributed by atoms with E-state index in [1.807, 2.05) is 0 Å². The molecule has 2 N–H and O–H groups in total. The predicted molar refractivity (Wildman–Crippen MR) is 73.3 cm³/mol. The van der Waals surface area contributed by atoms with Crippen LogP contribution in [0.3, 0.4) is 0 Å². The normalized spacial score (nSPS) is 18.9. The molecule has 0 atom stereocenters. The number of carbonyl (C=O) groups is 1. The third-order valence-corrected chi connectivity index (χ3v) is 4.26. The van der Waals surface area contributed by atoms with Crippen molar-refractivity contribution in [3.63, 3.8) is 0 Å². The molecule has 0 bridgehead atoms. The van der Waals surface area contributed by atoms with Crippen molar-refractivity contribution in [3.05, 3.63) is 0 Å². The van der Waals surface area contributed by atoms with Crippen LogP contribution in [0.25, 0.3) is 0 Å². The third-order valence-electron chi connectivity index (χ3n) is 3.70. The second-order valence-electron chi connectivity index (χ2n) is 5.14. The van der Waals surface area contributed by atoms with Crippen molar-refractivity contribution in [2.24, 2.45) is 5.41 Å². The lowest BCUT2D eigenvalue weighted by molar-refractivity contribution is -0.122. The lowest BCUT2D eigenvalue weighted by atomic mass is 9.74. The highest BCUT2D eigenvalue weighted by atomic mass is 79.9. The molecule has 0 heterocycles. The van der Waals surface area contributed by atoms with Crippen LogP contribution in [0.4, 0.5) is 0 Å². The first-order chi connectivity index (χ1) is 8.22. The number of aliphatic hydroxyl groups excluding tert-OH is 1. The Labute approximate surface area is 112 Å². The molecule has 0 spiro atoms. The number of halogens is 1. The molecule has 0 aliphatic heterocycles. The van der Waals surface area contributed by atoms with E-state index < -0.39 is 0 Å². The number of carbonyl (C=O) groups excluding carboxylic acids is 1. The summed E-state index contributed by atoms with van der Waals surface area (Å²) in [6.07, 6.45) is 8.30. The Hall–Kier alpha value is -0.0900. The Bertz CT molecular complexity index is 227. The van der Waals surface area contributed by atoms with E-state index in [2.05, 4.69) is 21.2 Å². The van der Waals surface area contributed by atoms with Crippen LogP contribution in [-0.4, -0.2) is 29.5 Å². The molecular formula is C13H24BrNO2. The van der Waals surface area contributed by atoms with E-state index in [4.69, 9.17) is 0 Å². The summed E-state index contributed by atoms with van der Waals surface area (Å²) in [5.74, 6) is 0.129. The van der Waals surface area contributed by atoms with Gasteiger partial charge in [0.05, 0.1) is 6.61 Å². The van der Waals surface area contributed by atoms with E-state index in [0.29, 0.717) is 13.0 Å². The fourth-order valence-electron chi connectivity index (χ4n) is 2.45. The fraction of sp³-hybridized carbons (Fsp3) is 0.923. The molecule has 0 unspecified atom stereocenters. The van der Waals surface area contributed by atoms with Gasteiger partial charge in [-0.15, -0.1) is 0 Å². The van der Waals surface area contributed by atoms with Crippen LogP contribution in [0, 0.1) is 5.41 Å². The number of unbranched alkanes of at least 4 members (excludes halogenated alkanes) is 1. The molecule has 0 saturated heterocycles. The zero-order valence-electron chi connectivity index (χ0n) is 10.5. The maximum Gasteiger partial charge on any atom is 0.220 e. The Morgan fingerprint density at radius 2 is 1.94 bits per heavy atom. The lowest BCUT2D eigenvalue weighted by Gasteiger charge is -2.35. The average Bonchev–Trinajstić information content (AvgIpc) is 2.38. The molecule has 1 saturated carbocycles. The van der Waals surface area contributed by atoms with Gasteiger partial charge >= 0.3 is 0 Å². The van der Waals surface area contributed by atoms with Gasteiger partial charge in [-0.25, -0.2) is 0 Å². The molecule has 0 aromatic heterocycles. The molecular weight excluding hydrogens is 282 g/mol. The summed E-state index contributed by atoms with van der Waals surface area (Å²) in [4.78, 5) is 11.6. The van der Waals surface area contributed by atoms with Gasteiger partial charge in [0.25, 0.3) is 0 Å². The quantitative estimate of drug-likeness (QED) is 0.561. The third kappa shape index (κ3) is 5.38. The Kier molecular flexibility index (Phi) is 7.12. The molecule has 1 fully saturated rings. The van der Waals surface area contributed by atoms with Crippen LogP contribution in [0.15, 0.2) is 0 Å². The summed E-state index contributed by atoms with van der Waals surface area (Å²) < 4.78 is 0. The van der Waals surface area contributed by atoms with Crippen LogP contribution in [0.1, 0.15) is 51.4 Å². The first kappa shape index (κ1) is 15.0. The summed E-state index contributed by atoms with van der Waals surface area (Å²) in [5.41, 5.74) is -0.0384. The van der Waals surface area contributed by atoms with Crippen molar-refractivity contribution in [1.29, 1.82) is 0 Å². The van der Waals surface area contributed by atoms with Gasteiger partial charge in [0.15, 0.2) is 0 Å². The van der Waals surface area contributed by atoms with Gasteiger partial charge in [-0.2, -0.15) is 0 Å². The molecule has 100 valence electrons. The second kappa shape index (κ2) is 8.09. The van der Waals surface area contributed by atoms with Crippen molar-refractivity contribution >= 4 is 21.8 Å². The average molecular weight is 306 g/mol. The highest BCUT2D eigenvalue weighted by Crippen LogP contribution is 2.35. The number of alkyl halides is 1. The van der Waals surface area contributed by atoms with Gasteiger partial charge in [0.1, 0.15) is 0 Å². The largest absolute Gasteiger partial charge is 0.396 e. The topological polar surface area (TPSA) is 49.3 Å². The number of hydrogen-bond acceptors (Lipinski definition) is 2. The van der Waals surface area contributed by atoms with Gasteiger partial charge in [0.2, 0.25) is 5.91 Å². The molecule has 0 radical (unpaired) electrons. The zero-order valence-corrected chi connectivity index (χ0v) is 12.1. The van der Waals surface area contributed by atoms with E-state index in [9.17, 15) is 9.90 Å². The minimum Gasteiger partial charge on any atom is -0.396 e. The summed E-state index contributed by atoms with van der Waals surface area (Å²) in [5, 5.41) is 13.5. The smallest absolute Gasteiger partial charge is 0.220 e. The molecule has 1 aliphatic rings. The van der Waals surface area contributed by atoms with Crippen LogP contribution in [-0.2, 0) is 4.79 Å². The zero-order chi connectivity index (χ0) is 12.6. The number of nitrogens with one attached hydrogen (secondary N) is 1. The van der Waals surface area contributed by atoms with Crippen LogP contribution in [0.5, 0.6) is 0 Å². The van der Waals surface area contributed by atoms with E-state index in [1.165, 1.54) is 19.3 Å². The van der Waals surface area contributed by atoms with Gasteiger partial charge < -0.3 is 10.4 Å². The molecule has 3 nitrogen and oxygen atoms in total. The van der Waals surface area contributed by atoms with Crippen molar-refractivity contribution in [1.82, 2.24) is 5.32 Å². The number of amides is 1. The maximum atomic E-state index is 11.6. The first-order valence-corrected chi connectivity index (χ1v) is 7.78. The number of hydrogen-bond donors (Lipinski definition) is 2. The molecule has 0 aromatic rings. The number of aliphatic hydroxyl groups is 1.